The van der Waals surface area contributed by atoms with Gasteiger partial charge in [0, 0.05) is 0 Å². The number of aliphatic hydroxyl groups is 1. The molecule has 0 radical (unpaired) electrons. The van der Waals surface area contributed by atoms with E-state index in [1.165, 1.54) is 0 Å². The summed E-state index contributed by atoms with van der Waals surface area (Å²) in [6.45, 7) is 0.426. The van der Waals surface area contributed by atoms with Gasteiger partial charge in [-0.1, -0.05) is 0 Å². The molecule has 7 nitrogen and oxygen atoms in total. The molecule has 1 N–H and O–H groups in total. The monoisotopic (exact) mass is 252 g/mol. The van der Waals surface area contributed by atoms with E-state index in [1.54, 1.807) is 0 Å². The smallest absolute Gasteiger partial charge is 0.726 e. The van der Waals surface area contributed by atoms with Crippen LogP contribution in [0.5, 0.6) is 0 Å². The van der Waals surface area contributed by atoms with E-state index in [2.05, 4.69) is 4.18 Å². The van der Waals surface area contributed by atoms with Crippen LogP contribution in [0.1, 0.15) is 0 Å². The molecule has 15 heavy (non-hydrogen) atoms. The van der Waals surface area contributed by atoms with Crippen molar-refractivity contribution in [1.82, 2.24) is 0 Å². The van der Waals surface area contributed by atoms with Crippen molar-refractivity contribution in [2.75, 3.05) is 39.6 Å². The van der Waals surface area contributed by atoms with Crippen LogP contribution in [-0.2, 0) is 24.1 Å². The molecule has 9 heteroatoms. The van der Waals surface area contributed by atoms with Gasteiger partial charge >= 0.3 is 29.6 Å². The SMILES string of the molecule is O=S(=O)([O-])OCCOCCOCCO.[Na+]. The summed E-state index contributed by atoms with van der Waals surface area (Å²) in [5.41, 5.74) is 0. The number of aliphatic hydroxyl groups excluding tert-OH is 1. The van der Waals surface area contributed by atoms with E-state index in [0.717, 1.165) is 0 Å². The van der Waals surface area contributed by atoms with E-state index in [-0.39, 0.29) is 62.6 Å². The molecule has 0 rings (SSSR count). The van der Waals surface area contributed by atoms with Gasteiger partial charge in [-0.15, -0.1) is 0 Å². The molecule has 0 bridgehead atoms. The van der Waals surface area contributed by atoms with Crippen molar-refractivity contribution in [3.05, 3.63) is 0 Å². The molecule has 0 spiro atoms. The third kappa shape index (κ3) is 17.4. The third-order valence-electron chi connectivity index (χ3n) is 1.06. The molecule has 0 aromatic rings. The molecule has 0 saturated heterocycles. The van der Waals surface area contributed by atoms with Gasteiger partial charge < -0.3 is 19.1 Å². The molecule has 0 unspecified atom stereocenters. The van der Waals surface area contributed by atoms with Crippen LogP contribution in [0.2, 0.25) is 0 Å². The molecule has 0 aliphatic heterocycles. The zero-order valence-electron chi connectivity index (χ0n) is 8.55. The van der Waals surface area contributed by atoms with Crippen LogP contribution in [-0.4, -0.2) is 57.7 Å². The van der Waals surface area contributed by atoms with E-state index in [1.807, 2.05) is 0 Å². The first-order valence-corrected chi connectivity index (χ1v) is 5.26. The van der Waals surface area contributed by atoms with Crippen molar-refractivity contribution in [2.45, 2.75) is 0 Å². The van der Waals surface area contributed by atoms with Crippen LogP contribution in [0.15, 0.2) is 0 Å². The van der Waals surface area contributed by atoms with Gasteiger partial charge in [-0.2, -0.15) is 0 Å². The summed E-state index contributed by atoms with van der Waals surface area (Å²) in [6, 6.07) is 0. The van der Waals surface area contributed by atoms with Gasteiger partial charge in [-0.25, -0.2) is 8.42 Å². The first-order chi connectivity index (χ1) is 6.56. The summed E-state index contributed by atoms with van der Waals surface area (Å²) in [7, 11) is -4.62. The van der Waals surface area contributed by atoms with Gasteiger partial charge in [0.2, 0.25) is 10.4 Å². The van der Waals surface area contributed by atoms with Crippen molar-refractivity contribution in [1.29, 1.82) is 0 Å². The van der Waals surface area contributed by atoms with Crippen LogP contribution in [0.4, 0.5) is 0 Å². The van der Waals surface area contributed by atoms with E-state index < -0.39 is 10.4 Å². The van der Waals surface area contributed by atoms with Gasteiger partial charge in [0.25, 0.3) is 0 Å². The van der Waals surface area contributed by atoms with Crippen molar-refractivity contribution in [3.63, 3.8) is 0 Å². The van der Waals surface area contributed by atoms with E-state index >= 15 is 0 Å². The van der Waals surface area contributed by atoms with E-state index in [4.69, 9.17) is 14.6 Å². The maximum atomic E-state index is 9.92. The quantitative estimate of drug-likeness (QED) is 0.191. The van der Waals surface area contributed by atoms with Crippen molar-refractivity contribution in [3.8, 4) is 0 Å². The Bertz CT molecular complexity index is 218. The average molecular weight is 252 g/mol. The molecule has 0 saturated carbocycles. The van der Waals surface area contributed by atoms with Gasteiger partial charge in [-0.3, -0.25) is 4.18 Å². The Kier molecular flexibility index (Phi) is 13.6. The van der Waals surface area contributed by atoms with Crippen molar-refractivity contribution >= 4 is 10.4 Å². The zero-order chi connectivity index (χ0) is 10.9. The fourth-order valence-corrected chi connectivity index (χ4v) is 0.854. The predicted octanol–water partition coefficient (Wildman–Crippen LogP) is -4.51. The Labute approximate surface area is 111 Å². The largest absolute Gasteiger partial charge is 1.00 e. The number of rotatable bonds is 9. The maximum absolute atomic E-state index is 9.92. The fraction of sp³-hybridized carbons (Fsp3) is 1.00. The van der Waals surface area contributed by atoms with E-state index in [9.17, 15) is 13.0 Å². The summed E-state index contributed by atoms with van der Waals surface area (Å²) in [5, 5.41) is 8.31. The minimum absolute atomic E-state index is 0. The molecule has 86 valence electrons. The standard InChI is InChI=1S/C6H14O7S.Na/c7-1-2-11-3-4-12-5-6-13-14(8,9)10;/h7H,1-6H2,(H,8,9,10);/q;+1/p-1. The molecule has 0 aromatic carbocycles. The Balaban J connectivity index is 0. The number of ether oxygens (including phenoxy) is 2. The fourth-order valence-electron chi connectivity index (χ4n) is 0.582. The normalized spacial score (nSPS) is 11.1. The first-order valence-electron chi connectivity index (χ1n) is 3.93. The summed E-state index contributed by atoms with van der Waals surface area (Å²) >= 11 is 0. The van der Waals surface area contributed by atoms with Crippen LogP contribution < -0.4 is 29.6 Å². The first kappa shape index (κ1) is 18.1. The summed E-state index contributed by atoms with van der Waals surface area (Å²) in [6.07, 6.45) is 0. The van der Waals surface area contributed by atoms with Crippen molar-refractivity contribution in [2.24, 2.45) is 0 Å². The maximum Gasteiger partial charge on any atom is 1.00 e. The molecule has 0 amide bonds. The molecule has 0 aromatic heterocycles. The Hall–Kier alpha value is 0.750. The topological polar surface area (TPSA) is 105 Å². The predicted molar refractivity (Wildman–Crippen MR) is 44.4 cm³/mol. The van der Waals surface area contributed by atoms with Crippen LogP contribution in [0, 0.1) is 0 Å². The molecule has 0 atom stereocenters. The van der Waals surface area contributed by atoms with Crippen LogP contribution in [0.3, 0.4) is 0 Å². The summed E-state index contributed by atoms with van der Waals surface area (Å²) in [4.78, 5) is 0. The van der Waals surface area contributed by atoms with Crippen LogP contribution >= 0.6 is 0 Å². The summed E-state index contributed by atoms with van der Waals surface area (Å²) in [5.74, 6) is 0. The molecule has 0 fully saturated rings. The van der Waals surface area contributed by atoms with Gasteiger partial charge in [0.05, 0.1) is 39.6 Å². The molecule has 0 aliphatic rings. The summed E-state index contributed by atoms with van der Waals surface area (Å²) < 4.78 is 43.3. The van der Waals surface area contributed by atoms with Gasteiger partial charge in [-0.05, 0) is 0 Å². The van der Waals surface area contributed by atoms with Crippen LogP contribution in [0.25, 0.3) is 0 Å². The van der Waals surface area contributed by atoms with Gasteiger partial charge in [0.15, 0.2) is 0 Å². The minimum atomic E-state index is -4.62. The molecular formula is C6H13NaO7S. The Morgan fingerprint density at radius 2 is 1.47 bits per heavy atom. The molecule has 0 heterocycles. The van der Waals surface area contributed by atoms with Crippen molar-refractivity contribution < 1.29 is 61.3 Å². The Morgan fingerprint density at radius 1 is 1.00 bits per heavy atom. The second-order valence-electron chi connectivity index (χ2n) is 2.18. The van der Waals surface area contributed by atoms with E-state index in [0.29, 0.717) is 6.61 Å². The molecular weight excluding hydrogens is 239 g/mol. The minimum Gasteiger partial charge on any atom is -0.726 e. The van der Waals surface area contributed by atoms with Gasteiger partial charge in [0.1, 0.15) is 0 Å². The second kappa shape index (κ2) is 11.2. The average Bonchev–Trinajstić information content (AvgIpc) is 2.08. The number of hydrogen-bond acceptors (Lipinski definition) is 7. The Morgan fingerprint density at radius 3 is 1.93 bits per heavy atom. The second-order valence-corrected chi connectivity index (χ2v) is 3.23. The number of hydrogen-bond donors (Lipinski definition) is 1. The molecule has 0 aliphatic carbocycles. The zero-order valence-corrected chi connectivity index (χ0v) is 11.4. The third-order valence-corrected chi connectivity index (χ3v) is 1.52.